The first-order valence-electron chi connectivity index (χ1n) is 6.18. The maximum absolute atomic E-state index is 12.8. The summed E-state index contributed by atoms with van der Waals surface area (Å²) in [7, 11) is 0. The summed E-state index contributed by atoms with van der Waals surface area (Å²) in [5.74, 6) is -2.99. The van der Waals surface area contributed by atoms with Crippen LogP contribution in [0, 0.1) is 23.2 Å². The second-order valence-electron chi connectivity index (χ2n) is 4.59. The molecule has 18 heavy (non-hydrogen) atoms. The summed E-state index contributed by atoms with van der Waals surface area (Å²) in [5.41, 5.74) is 0. The van der Waals surface area contributed by atoms with Gasteiger partial charge in [-0.05, 0) is 19.3 Å². The molecule has 0 heterocycles. The van der Waals surface area contributed by atoms with Crippen LogP contribution in [0.15, 0.2) is 0 Å². The first-order chi connectivity index (χ1) is 8.46. The van der Waals surface area contributed by atoms with Crippen molar-refractivity contribution in [2.75, 3.05) is 6.54 Å². The van der Waals surface area contributed by atoms with Gasteiger partial charge in [0.25, 0.3) is 0 Å². The van der Waals surface area contributed by atoms with E-state index in [9.17, 15) is 18.0 Å². The average Bonchev–Trinajstić information content (AvgIpc) is 2.33. The highest BCUT2D eigenvalue weighted by atomic mass is 19.4. The molecular weight excluding hydrogens is 245 g/mol. The lowest BCUT2D eigenvalue weighted by Crippen LogP contribution is -2.42. The summed E-state index contributed by atoms with van der Waals surface area (Å²) in [6, 6.07) is 1.92. The number of nitriles is 1. The summed E-state index contributed by atoms with van der Waals surface area (Å²) < 4.78 is 38.3. The molecule has 1 fully saturated rings. The number of unbranched alkanes of at least 4 members (excludes halogenated alkanes) is 1. The summed E-state index contributed by atoms with van der Waals surface area (Å²) >= 11 is 0. The highest BCUT2D eigenvalue weighted by molar-refractivity contribution is 5.79. The van der Waals surface area contributed by atoms with Crippen LogP contribution < -0.4 is 5.32 Å². The minimum absolute atomic E-state index is 0.0415. The summed E-state index contributed by atoms with van der Waals surface area (Å²) in [6.07, 6.45) is -1.98. The van der Waals surface area contributed by atoms with Crippen LogP contribution in [0.1, 0.15) is 38.5 Å². The summed E-state index contributed by atoms with van der Waals surface area (Å²) in [6.45, 7) is 0.271. The van der Waals surface area contributed by atoms with Gasteiger partial charge in [-0.15, -0.1) is 0 Å². The van der Waals surface area contributed by atoms with Gasteiger partial charge in [0, 0.05) is 18.9 Å². The molecule has 1 saturated carbocycles. The van der Waals surface area contributed by atoms with Gasteiger partial charge in [-0.25, -0.2) is 0 Å². The van der Waals surface area contributed by atoms with Crippen molar-refractivity contribution in [3.63, 3.8) is 0 Å². The fourth-order valence-corrected chi connectivity index (χ4v) is 2.35. The number of rotatable bonds is 4. The Balaban J connectivity index is 2.50. The number of hydrogen-bond acceptors (Lipinski definition) is 2. The Labute approximate surface area is 104 Å². The van der Waals surface area contributed by atoms with Crippen LogP contribution in [0.3, 0.4) is 0 Å². The third kappa shape index (κ3) is 4.21. The predicted molar refractivity (Wildman–Crippen MR) is 59.4 cm³/mol. The standard InChI is InChI=1S/C12H17F3N2O/c13-12(14,15)10-6-2-1-5-9(10)11(18)17-8-4-3-7-16/h9-10H,1-6,8H2,(H,17,18). The van der Waals surface area contributed by atoms with E-state index in [0.29, 0.717) is 32.1 Å². The SMILES string of the molecule is N#CCCCNC(=O)C1CCCCC1C(F)(F)F. The topological polar surface area (TPSA) is 52.9 Å². The molecule has 0 bridgehead atoms. The molecule has 0 aromatic rings. The Hall–Kier alpha value is -1.25. The molecule has 1 rings (SSSR count). The highest BCUT2D eigenvalue weighted by Gasteiger charge is 2.47. The zero-order chi connectivity index (χ0) is 13.6. The molecule has 2 unspecified atom stereocenters. The molecule has 0 saturated heterocycles. The minimum Gasteiger partial charge on any atom is -0.356 e. The fraction of sp³-hybridized carbons (Fsp3) is 0.833. The molecule has 1 N–H and O–H groups in total. The van der Waals surface area contributed by atoms with E-state index in [-0.39, 0.29) is 13.0 Å². The quantitative estimate of drug-likeness (QED) is 0.792. The van der Waals surface area contributed by atoms with E-state index in [0.717, 1.165) is 0 Å². The van der Waals surface area contributed by atoms with Crippen LogP contribution in [-0.4, -0.2) is 18.6 Å². The van der Waals surface area contributed by atoms with Gasteiger partial charge < -0.3 is 5.32 Å². The lowest BCUT2D eigenvalue weighted by molar-refractivity contribution is -0.198. The van der Waals surface area contributed by atoms with Gasteiger partial charge in [0.2, 0.25) is 5.91 Å². The van der Waals surface area contributed by atoms with Crippen LogP contribution in [0.4, 0.5) is 13.2 Å². The van der Waals surface area contributed by atoms with E-state index >= 15 is 0 Å². The second-order valence-corrected chi connectivity index (χ2v) is 4.59. The van der Waals surface area contributed by atoms with Gasteiger partial charge in [0.15, 0.2) is 0 Å². The van der Waals surface area contributed by atoms with E-state index < -0.39 is 23.9 Å². The van der Waals surface area contributed by atoms with Crippen LogP contribution in [0.5, 0.6) is 0 Å². The lowest BCUT2D eigenvalue weighted by atomic mass is 9.78. The number of carbonyl (C=O) groups excluding carboxylic acids is 1. The number of hydrogen-bond donors (Lipinski definition) is 1. The maximum atomic E-state index is 12.8. The van der Waals surface area contributed by atoms with E-state index in [1.807, 2.05) is 6.07 Å². The molecule has 6 heteroatoms. The molecule has 3 nitrogen and oxygen atoms in total. The number of nitrogens with zero attached hydrogens (tertiary/aromatic N) is 1. The molecule has 0 radical (unpaired) electrons. The second kappa shape index (κ2) is 6.62. The minimum atomic E-state index is -4.30. The number of alkyl halides is 3. The monoisotopic (exact) mass is 262 g/mol. The van der Waals surface area contributed by atoms with Gasteiger partial charge in [-0.3, -0.25) is 4.79 Å². The van der Waals surface area contributed by atoms with E-state index in [4.69, 9.17) is 5.26 Å². The van der Waals surface area contributed by atoms with Crippen molar-refractivity contribution < 1.29 is 18.0 Å². The third-order valence-electron chi connectivity index (χ3n) is 3.29. The van der Waals surface area contributed by atoms with Crippen LogP contribution >= 0.6 is 0 Å². The van der Waals surface area contributed by atoms with Crippen molar-refractivity contribution >= 4 is 5.91 Å². The number of halogens is 3. The van der Waals surface area contributed by atoms with Gasteiger partial charge in [-0.2, -0.15) is 18.4 Å². The zero-order valence-electron chi connectivity index (χ0n) is 10.1. The lowest BCUT2D eigenvalue weighted by Gasteiger charge is -2.31. The van der Waals surface area contributed by atoms with Crippen molar-refractivity contribution in [1.29, 1.82) is 5.26 Å². The van der Waals surface area contributed by atoms with Gasteiger partial charge in [0.1, 0.15) is 0 Å². The van der Waals surface area contributed by atoms with Gasteiger partial charge >= 0.3 is 6.18 Å². The normalized spacial score (nSPS) is 24.3. The van der Waals surface area contributed by atoms with E-state index in [2.05, 4.69) is 5.32 Å². The van der Waals surface area contributed by atoms with Crippen molar-refractivity contribution in [3.05, 3.63) is 0 Å². The fourth-order valence-electron chi connectivity index (χ4n) is 2.35. The molecule has 1 aliphatic carbocycles. The molecule has 1 amide bonds. The number of amides is 1. The molecule has 0 aliphatic heterocycles. The largest absolute Gasteiger partial charge is 0.392 e. The van der Waals surface area contributed by atoms with Gasteiger partial charge in [-0.1, -0.05) is 12.8 Å². The van der Waals surface area contributed by atoms with E-state index in [1.165, 1.54) is 0 Å². The first-order valence-corrected chi connectivity index (χ1v) is 6.18. The first kappa shape index (κ1) is 14.8. The Morgan fingerprint density at radius 2 is 2.00 bits per heavy atom. The van der Waals surface area contributed by atoms with E-state index in [1.54, 1.807) is 0 Å². The molecular formula is C12H17F3N2O. The smallest absolute Gasteiger partial charge is 0.356 e. The number of carbonyl (C=O) groups is 1. The third-order valence-corrected chi connectivity index (χ3v) is 3.29. The Bertz CT molecular complexity index is 322. The summed E-state index contributed by atoms with van der Waals surface area (Å²) in [5, 5.41) is 10.8. The van der Waals surface area contributed by atoms with Crippen LogP contribution in [0.25, 0.3) is 0 Å². The zero-order valence-corrected chi connectivity index (χ0v) is 10.1. The molecule has 0 aromatic carbocycles. The van der Waals surface area contributed by atoms with Gasteiger partial charge in [0.05, 0.1) is 12.0 Å². The van der Waals surface area contributed by atoms with Crippen LogP contribution in [-0.2, 0) is 4.79 Å². The van der Waals surface area contributed by atoms with Crippen molar-refractivity contribution in [3.8, 4) is 6.07 Å². The molecule has 1 aliphatic rings. The van der Waals surface area contributed by atoms with Crippen molar-refractivity contribution in [1.82, 2.24) is 5.32 Å². The molecule has 0 spiro atoms. The molecule has 102 valence electrons. The maximum Gasteiger partial charge on any atom is 0.392 e. The Morgan fingerprint density at radius 3 is 2.61 bits per heavy atom. The molecule has 0 aromatic heterocycles. The summed E-state index contributed by atoms with van der Waals surface area (Å²) in [4.78, 5) is 11.7. The Morgan fingerprint density at radius 1 is 1.33 bits per heavy atom. The predicted octanol–water partition coefficient (Wildman–Crippen LogP) is 2.78. The van der Waals surface area contributed by atoms with Crippen molar-refractivity contribution in [2.24, 2.45) is 11.8 Å². The highest BCUT2D eigenvalue weighted by Crippen LogP contribution is 2.41. The number of nitrogens with one attached hydrogen (secondary N) is 1. The van der Waals surface area contributed by atoms with Crippen LogP contribution in [0.2, 0.25) is 0 Å². The Kier molecular flexibility index (Phi) is 5.45. The molecule has 2 atom stereocenters. The van der Waals surface area contributed by atoms with Crippen molar-refractivity contribution in [2.45, 2.75) is 44.7 Å². The average molecular weight is 262 g/mol.